The van der Waals surface area contributed by atoms with Crippen molar-refractivity contribution in [3.8, 4) is 0 Å². The fraction of sp³-hybridized carbons (Fsp3) is 1.00. The summed E-state index contributed by atoms with van der Waals surface area (Å²) in [5.74, 6) is 4.67. The lowest BCUT2D eigenvalue weighted by atomic mass is 10.4. The Hall–Kier alpha value is 0.420. The van der Waals surface area contributed by atoms with Gasteiger partial charge in [-0.3, -0.25) is 0 Å². The van der Waals surface area contributed by atoms with E-state index in [9.17, 15) is 0 Å². The summed E-state index contributed by atoms with van der Waals surface area (Å²) in [6.07, 6.45) is -0.495. The molecule has 0 aromatic carbocycles. The van der Waals surface area contributed by atoms with Crippen LogP contribution in [-0.4, -0.2) is 31.4 Å². The number of nitrogens with two attached hydrogens (primary N) is 1. The molecule has 0 aromatic rings. The molecule has 6 heteroatoms. The van der Waals surface area contributed by atoms with Gasteiger partial charge >= 0.3 is 0 Å². The Kier molecular flexibility index (Phi) is 20.4. The highest BCUT2D eigenvalue weighted by Crippen LogP contribution is 1.76. The third-order valence-corrected chi connectivity index (χ3v) is 0.728. The van der Waals surface area contributed by atoms with Crippen LogP contribution in [0.2, 0.25) is 0 Å². The molecule has 0 aliphatic heterocycles. The number of hydrogen-bond acceptors (Lipinski definition) is 4. The Labute approximate surface area is 72.9 Å². The van der Waals surface area contributed by atoms with Crippen LogP contribution in [0.1, 0.15) is 0 Å². The topological polar surface area (TPSA) is 67.5 Å². The Morgan fingerprint density at radius 1 is 1.60 bits per heavy atom. The summed E-state index contributed by atoms with van der Waals surface area (Å²) in [5.41, 5.74) is 0. The van der Waals surface area contributed by atoms with Gasteiger partial charge in [-0.05, 0) is 7.05 Å². The molecule has 0 saturated carbocycles. The molecular weight excluding hydrogens is 179 g/mol. The van der Waals surface area contributed by atoms with Gasteiger partial charge in [-0.25, -0.2) is 5.90 Å². The van der Waals surface area contributed by atoms with E-state index in [1.165, 1.54) is 0 Å². The summed E-state index contributed by atoms with van der Waals surface area (Å²) in [6, 6.07) is 0. The molecule has 4 nitrogen and oxygen atoms in total. The maximum Gasteiger partial charge on any atom is 0.0951 e. The molecular formula is C4H14Cl2N2O2. The van der Waals surface area contributed by atoms with Crippen LogP contribution in [0, 0.1) is 0 Å². The summed E-state index contributed by atoms with van der Waals surface area (Å²) in [5, 5.41) is 11.5. The van der Waals surface area contributed by atoms with Gasteiger partial charge < -0.3 is 15.3 Å². The Morgan fingerprint density at radius 2 is 2.10 bits per heavy atom. The monoisotopic (exact) mass is 192 g/mol. The molecule has 0 saturated heterocycles. The van der Waals surface area contributed by atoms with E-state index in [-0.39, 0.29) is 31.4 Å². The van der Waals surface area contributed by atoms with Gasteiger partial charge in [-0.1, -0.05) is 0 Å². The molecule has 0 aliphatic rings. The number of aliphatic hydroxyl groups is 1. The van der Waals surface area contributed by atoms with Gasteiger partial charge in [0.1, 0.15) is 0 Å². The van der Waals surface area contributed by atoms with Crippen molar-refractivity contribution in [3.05, 3.63) is 0 Å². The summed E-state index contributed by atoms with van der Waals surface area (Å²) < 4.78 is 0. The minimum Gasteiger partial charge on any atom is -0.389 e. The predicted molar refractivity (Wildman–Crippen MR) is 44.6 cm³/mol. The first-order chi connectivity index (χ1) is 3.81. The highest BCUT2D eigenvalue weighted by molar-refractivity contribution is 5.85. The SMILES string of the molecule is CNCC(O)CON.Cl.Cl. The lowest BCUT2D eigenvalue weighted by molar-refractivity contribution is 0.0379. The molecule has 0 rings (SSSR count). The van der Waals surface area contributed by atoms with Gasteiger partial charge in [0.05, 0.1) is 12.7 Å². The molecule has 1 unspecified atom stereocenters. The Morgan fingerprint density at radius 3 is 2.40 bits per heavy atom. The largest absolute Gasteiger partial charge is 0.389 e. The van der Waals surface area contributed by atoms with Crippen LogP contribution in [0.5, 0.6) is 0 Å². The molecule has 0 heterocycles. The molecule has 66 valence electrons. The summed E-state index contributed by atoms with van der Waals surface area (Å²) in [7, 11) is 1.75. The van der Waals surface area contributed by atoms with E-state index in [0.29, 0.717) is 6.54 Å². The van der Waals surface area contributed by atoms with Crippen LogP contribution >= 0.6 is 24.8 Å². The third-order valence-electron chi connectivity index (χ3n) is 0.728. The van der Waals surface area contributed by atoms with Crippen molar-refractivity contribution in [2.24, 2.45) is 5.90 Å². The molecule has 0 fully saturated rings. The summed E-state index contributed by atoms with van der Waals surface area (Å²) in [6.45, 7) is 0.692. The maximum atomic E-state index is 8.78. The molecule has 1 atom stereocenters. The van der Waals surface area contributed by atoms with Gasteiger partial charge in [0.2, 0.25) is 0 Å². The maximum absolute atomic E-state index is 8.78. The highest BCUT2D eigenvalue weighted by atomic mass is 35.5. The van der Waals surface area contributed by atoms with Crippen molar-refractivity contribution >= 4 is 24.8 Å². The Bertz CT molecular complexity index is 52.5. The molecule has 0 aliphatic carbocycles. The fourth-order valence-electron chi connectivity index (χ4n) is 0.406. The zero-order valence-corrected chi connectivity index (χ0v) is 7.37. The van der Waals surface area contributed by atoms with E-state index < -0.39 is 6.10 Å². The van der Waals surface area contributed by atoms with Crippen molar-refractivity contribution < 1.29 is 9.94 Å². The van der Waals surface area contributed by atoms with Gasteiger partial charge in [0, 0.05) is 6.54 Å². The van der Waals surface area contributed by atoms with Gasteiger partial charge in [-0.15, -0.1) is 24.8 Å². The van der Waals surface area contributed by atoms with Gasteiger partial charge in [-0.2, -0.15) is 0 Å². The average molecular weight is 193 g/mol. The molecule has 0 spiro atoms. The van der Waals surface area contributed by atoms with Crippen LogP contribution < -0.4 is 11.2 Å². The minimum atomic E-state index is -0.495. The lowest BCUT2D eigenvalue weighted by Crippen LogP contribution is -2.28. The number of rotatable bonds is 4. The number of halogens is 2. The summed E-state index contributed by atoms with van der Waals surface area (Å²) in [4.78, 5) is 4.17. The molecule has 4 N–H and O–H groups in total. The summed E-state index contributed by atoms with van der Waals surface area (Å²) >= 11 is 0. The van der Waals surface area contributed by atoms with Crippen LogP contribution in [0.3, 0.4) is 0 Å². The van der Waals surface area contributed by atoms with E-state index in [2.05, 4.69) is 16.1 Å². The van der Waals surface area contributed by atoms with Gasteiger partial charge in [0.25, 0.3) is 0 Å². The smallest absolute Gasteiger partial charge is 0.0951 e. The van der Waals surface area contributed by atoms with E-state index in [1.807, 2.05) is 0 Å². The molecule has 10 heavy (non-hydrogen) atoms. The molecule has 0 aromatic heterocycles. The van der Waals surface area contributed by atoms with Crippen LogP contribution in [0.4, 0.5) is 0 Å². The molecule has 0 amide bonds. The normalized spacial score (nSPS) is 11.1. The standard InChI is InChI=1S/C4H12N2O2.2ClH/c1-6-2-4(7)3-8-5;;/h4,6-7H,2-3,5H2,1H3;2*1H. The number of likely N-dealkylation sites (N-methyl/N-ethyl adjacent to an activating group) is 1. The van der Waals surface area contributed by atoms with Crippen molar-refractivity contribution in [1.82, 2.24) is 5.32 Å². The van der Waals surface area contributed by atoms with E-state index in [1.54, 1.807) is 7.05 Å². The quantitative estimate of drug-likeness (QED) is 0.516. The number of nitrogens with one attached hydrogen (secondary N) is 1. The minimum absolute atomic E-state index is 0. The van der Waals surface area contributed by atoms with Crippen molar-refractivity contribution in [3.63, 3.8) is 0 Å². The van der Waals surface area contributed by atoms with Crippen LogP contribution in [0.25, 0.3) is 0 Å². The van der Waals surface area contributed by atoms with E-state index >= 15 is 0 Å². The first kappa shape index (κ1) is 16.8. The second-order valence-corrected chi connectivity index (χ2v) is 1.54. The van der Waals surface area contributed by atoms with Crippen molar-refractivity contribution in [2.45, 2.75) is 6.10 Å². The number of aliphatic hydroxyl groups excluding tert-OH is 1. The fourth-order valence-corrected chi connectivity index (χ4v) is 0.406. The number of hydrogen-bond donors (Lipinski definition) is 3. The van der Waals surface area contributed by atoms with E-state index in [0.717, 1.165) is 0 Å². The highest BCUT2D eigenvalue weighted by Gasteiger charge is 1.98. The van der Waals surface area contributed by atoms with Crippen molar-refractivity contribution in [1.29, 1.82) is 0 Å². The predicted octanol–water partition coefficient (Wildman–Crippen LogP) is -0.699. The second-order valence-electron chi connectivity index (χ2n) is 1.54. The van der Waals surface area contributed by atoms with Crippen LogP contribution in [0.15, 0.2) is 0 Å². The molecule has 0 radical (unpaired) electrons. The molecule has 0 bridgehead atoms. The zero-order valence-electron chi connectivity index (χ0n) is 5.74. The van der Waals surface area contributed by atoms with Crippen molar-refractivity contribution in [2.75, 3.05) is 20.2 Å². The lowest BCUT2D eigenvalue weighted by Gasteiger charge is -2.05. The Balaban J connectivity index is -0.000000245. The average Bonchev–Trinajstić information content (AvgIpc) is 1.68. The van der Waals surface area contributed by atoms with Crippen LogP contribution in [-0.2, 0) is 4.84 Å². The zero-order chi connectivity index (χ0) is 6.41. The van der Waals surface area contributed by atoms with Gasteiger partial charge in [0.15, 0.2) is 0 Å². The first-order valence-electron chi connectivity index (χ1n) is 2.45. The van der Waals surface area contributed by atoms with E-state index in [4.69, 9.17) is 5.11 Å². The second kappa shape index (κ2) is 12.1. The third kappa shape index (κ3) is 11.2. The first-order valence-corrected chi connectivity index (χ1v) is 2.45.